The highest BCUT2D eigenvalue weighted by atomic mass is 35.5. The number of alkyl carbamates (subject to hydrolysis) is 1. The van der Waals surface area contributed by atoms with Gasteiger partial charge in [-0.2, -0.15) is 8.42 Å². The van der Waals surface area contributed by atoms with E-state index in [1.54, 1.807) is 32.9 Å². The lowest BCUT2D eigenvalue weighted by molar-refractivity contribution is -0.141. The van der Waals surface area contributed by atoms with E-state index in [9.17, 15) is 27.6 Å². The molecule has 1 aromatic carbocycles. The van der Waals surface area contributed by atoms with Gasteiger partial charge >= 0.3 is 16.3 Å². The second-order valence-corrected chi connectivity index (χ2v) is 14.1. The number of hydrogen-bond donors (Lipinski definition) is 4. The summed E-state index contributed by atoms with van der Waals surface area (Å²) in [5.41, 5.74) is -2.08. The van der Waals surface area contributed by atoms with E-state index < -0.39 is 63.2 Å². The lowest BCUT2D eigenvalue weighted by Gasteiger charge is -2.30. The Morgan fingerprint density at radius 1 is 1.12 bits per heavy atom. The second-order valence-electron chi connectivity index (χ2n) is 12.3. The van der Waals surface area contributed by atoms with Crippen LogP contribution in [-0.2, 0) is 29.3 Å². The van der Waals surface area contributed by atoms with Crippen LogP contribution in [0.5, 0.6) is 0 Å². The summed E-state index contributed by atoms with van der Waals surface area (Å²) in [6.07, 6.45) is 7.55. The maximum absolute atomic E-state index is 13.7. The Kier molecular flexibility index (Phi) is 9.95. The molecule has 43 heavy (non-hydrogen) atoms. The highest BCUT2D eigenvalue weighted by Crippen LogP contribution is 2.45. The van der Waals surface area contributed by atoms with Crippen LogP contribution in [0.2, 0.25) is 5.02 Å². The molecule has 236 valence electrons. The van der Waals surface area contributed by atoms with E-state index in [4.69, 9.17) is 16.3 Å². The number of hydrogen-bond acceptors (Lipinski definition) is 7. The fraction of sp³-hybridized carbons (Fsp3) is 0.586. The maximum Gasteiger partial charge on any atom is 0.408 e. The van der Waals surface area contributed by atoms with E-state index in [2.05, 4.69) is 15.4 Å². The minimum Gasteiger partial charge on any atom is -0.444 e. The van der Waals surface area contributed by atoms with Gasteiger partial charge in [-0.1, -0.05) is 42.7 Å². The molecule has 14 heteroatoms. The van der Waals surface area contributed by atoms with Gasteiger partial charge in [-0.3, -0.25) is 19.1 Å². The van der Waals surface area contributed by atoms with E-state index in [1.807, 2.05) is 16.9 Å². The van der Waals surface area contributed by atoms with Crippen molar-refractivity contribution in [1.29, 1.82) is 0 Å². The number of carbonyl (C=O) groups excluding carboxylic acids is 4. The van der Waals surface area contributed by atoms with Gasteiger partial charge in [-0.05, 0) is 77.5 Å². The van der Waals surface area contributed by atoms with Gasteiger partial charge in [0.05, 0.1) is 5.69 Å². The molecule has 2 fully saturated rings. The van der Waals surface area contributed by atoms with E-state index >= 15 is 0 Å². The Balaban J connectivity index is 1.53. The lowest BCUT2D eigenvalue weighted by Crippen LogP contribution is -2.58. The summed E-state index contributed by atoms with van der Waals surface area (Å²) in [6.45, 7) is 5.50. The van der Waals surface area contributed by atoms with Crippen LogP contribution >= 0.6 is 11.6 Å². The van der Waals surface area contributed by atoms with Crippen molar-refractivity contribution < 1.29 is 32.3 Å². The third-order valence-electron chi connectivity index (χ3n) is 7.63. The average Bonchev–Trinajstić information content (AvgIpc) is 3.35. The second kappa shape index (κ2) is 13.1. The SMILES string of the molecule is CC(C)(C)OC(=O)N[C@H]1CCCCCC=C[C@@H]2C[C@@]2(C(=O)NS(=O)(=O)Nc2cccc(Cl)c2)NC(=O)[C@@H]2CCCN2C1=O. The van der Waals surface area contributed by atoms with E-state index in [1.165, 1.54) is 17.0 Å². The van der Waals surface area contributed by atoms with Crippen molar-refractivity contribution in [3.8, 4) is 0 Å². The van der Waals surface area contributed by atoms with Crippen LogP contribution in [0.15, 0.2) is 36.4 Å². The quantitative estimate of drug-likeness (QED) is 0.360. The third kappa shape index (κ3) is 8.62. The molecule has 1 aliphatic carbocycles. The summed E-state index contributed by atoms with van der Waals surface area (Å²) in [5, 5.41) is 5.79. The minimum absolute atomic E-state index is 0.165. The molecule has 4 amide bonds. The first-order chi connectivity index (χ1) is 20.2. The number of fused-ring (bicyclic) bond motifs is 2. The summed E-state index contributed by atoms with van der Waals surface area (Å²) < 4.78 is 35.3. The molecule has 0 unspecified atom stereocenters. The van der Waals surface area contributed by atoms with Crippen LogP contribution in [0.25, 0.3) is 0 Å². The summed E-state index contributed by atoms with van der Waals surface area (Å²) in [4.78, 5) is 54.8. The number of nitrogens with zero attached hydrogens (tertiary/aromatic N) is 1. The number of nitrogens with one attached hydrogen (secondary N) is 4. The Bertz CT molecular complexity index is 1380. The number of rotatable bonds is 5. The number of ether oxygens (including phenoxy) is 1. The Hall–Kier alpha value is -3.32. The number of amides is 4. The standard InChI is InChI=1S/C29H40ClN5O7S/c1-28(2,3)42-27(39)31-22-14-8-6-4-5-7-11-19-18-29(19,32-24(36)23-15-10-16-35(23)25(22)37)26(38)34-43(40,41)33-21-13-9-12-20(30)17-21/h7,9,11-13,17,19,22-23,33H,4-6,8,10,14-16,18H2,1-3H3,(H,31,39)(H,32,36)(H,34,38)/t19-,22+,23+,29-/m1/s1. The van der Waals surface area contributed by atoms with Crippen LogP contribution in [0.3, 0.4) is 0 Å². The van der Waals surface area contributed by atoms with Gasteiger partial charge in [-0.25, -0.2) is 9.52 Å². The first kappa shape index (κ1) is 32.6. The molecular formula is C29H40ClN5O7S. The summed E-state index contributed by atoms with van der Waals surface area (Å²) in [6, 6.07) is 4.27. The normalized spacial score (nSPS) is 26.6. The molecule has 4 N–H and O–H groups in total. The molecule has 4 rings (SSSR count). The van der Waals surface area contributed by atoms with E-state index in [0.29, 0.717) is 43.7 Å². The first-order valence-corrected chi connectivity index (χ1v) is 16.4. The molecule has 0 spiro atoms. The molecule has 0 radical (unpaired) electrons. The van der Waals surface area contributed by atoms with Crippen molar-refractivity contribution in [1.82, 2.24) is 20.3 Å². The number of carbonyl (C=O) groups is 4. The number of halogens is 1. The van der Waals surface area contributed by atoms with Gasteiger partial charge in [0.1, 0.15) is 23.2 Å². The topological polar surface area (TPSA) is 163 Å². The molecule has 2 aliphatic heterocycles. The number of anilines is 1. The third-order valence-corrected chi connectivity index (χ3v) is 8.82. The average molecular weight is 638 g/mol. The molecule has 4 atom stereocenters. The molecule has 1 saturated carbocycles. The zero-order valence-corrected chi connectivity index (χ0v) is 26.2. The number of benzene rings is 1. The monoisotopic (exact) mass is 637 g/mol. The van der Waals surface area contributed by atoms with Gasteiger partial charge in [0.15, 0.2) is 0 Å². The Morgan fingerprint density at radius 3 is 2.60 bits per heavy atom. The minimum atomic E-state index is -4.35. The van der Waals surface area contributed by atoms with E-state index in [0.717, 1.165) is 12.8 Å². The first-order valence-electron chi connectivity index (χ1n) is 14.6. The highest BCUT2D eigenvalue weighted by Gasteiger charge is 2.61. The molecule has 1 saturated heterocycles. The van der Waals surface area contributed by atoms with Crippen molar-refractivity contribution in [2.45, 2.75) is 95.4 Å². The zero-order valence-electron chi connectivity index (χ0n) is 24.7. The number of allylic oxidation sites excluding steroid dienone is 1. The van der Waals surface area contributed by atoms with Crippen molar-refractivity contribution in [2.24, 2.45) is 5.92 Å². The maximum atomic E-state index is 13.7. The van der Waals surface area contributed by atoms with Gasteiger partial charge in [0.2, 0.25) is 11.8 Å². The van der Waals surface area contributed by atoms with Crippen LogP contribution in [0, 0.1) is 5.92 Å². The van der Waals surface area contributed by atoms with Gasteiger partial charge in [-0.15, -0.1) is 0 Å². The highest BCUT2D eigenvalue weighted by molar-refractivity contribution is 7.91. The smallest absolute Gasteiger partial charge is 0.408 e. The molecule has 3 aliphatic rings. The van der Waals surface area contributed by atoms with Gasteiger partial charge < -0.3 is 20.3 Å². The molecule has 12 nitrogen and oxygen atoms in total. The Morgan fingerprint density at radius 2 is 1.88 bits per heavy atom. The summed E-state index contributed by atoms with van der Waals surface area (Å²) in [5.74, 6) is -2.25. The van der Waals surface area contributed by atoms with Crippen LogP contribution in [0.4, 0.5) is 10.5 Å². The summed E-state index contributed by atoms with van der Waals surface area (Å²) in [7, 11) is -4.35. The van der Waals surface area contributed by atoms with Crippen LogP contribution in [0.1, 0.15) is 72.1 Å². The fourth-order valence-electron chi connectivity index (χ4n) is 5.49. The predicted molar refractivity (Wildman–Crippen MR) is 161 cm³/mol. The van der Waals surface area contributed by atoms with Crippen molar-refractivity contribution in [3.63, 3.8) is 0 Å². The molecular weight excluding hydrogens is 598 g/mol. The van der Waals surface area contributed by atoms with E-state index in [-0.39, 0.29) is 12.1 Å². The molecule has 1 aromatic rings. The van der Waals surface area contributed by atoms with Crippen LogP contribution < -0.4 is 20.1 Å². The molecule has 0 aromatic heterocycles. The van der Waals surface area contributed by atoms with Crippen molar-refractivity contribution in [3.05, 3.63) is 41.4 Å². The fourth-order valence-corrected chi connectivity index (χ4v) is 6.59. The zero-order chi connectivity index (χ0) is 31.4. The van der Waals surface area contributed by atoms with Gasteiger partial charge in [0, 0.05) is 17.5 Å². The van der Waals surface area contributed by atoms with Crippen LogP contribution in [-0.4, -0.2) is 66.9 Å². The molecule has 0 bridgehead atoms. The van der Waals surface area contributed by atoms with Crippen molar-refractivity contribution >= 4 is 51.3 Å². The summed E-state index contributed by atoms with van der Waals surface area (Å²) >= 11 is 5.95. The predicted octanol–water partition coefficient (Wildman–Crippen LogP) is 3.39. The van der Waals surface area contributed by atoms with Gasteiger partial charge in [0.25, 0.3) is 5.91 Å². The van der Waals surface area contributed by atoms with Crippen molar-refractivity contribution in [2.75, 3.05) is 11.3 Å². The molecule has 2 heterocycles. The lowest BCUT2D eigenvalue weighted by atomic mass is 10.0. The Labute approximate surface area is 257 Å². The largest absolute Gasteiger partial charge is 0.444 e.